The van der Waals surface area contributed by atoms with Crippen molar-refractivity contribution in [3.8, 4) is 0 Å². The number of pyridine rings is 1. The maximum atomic E-state index is 12.2. The number of nitrogens with zero attached hydrogens (tertiary/aromatic N) is 2. The summed E-state index contributed by atoms with van der Waals surface area (Å²) in [5, 5.41) is 10.9. The number of carboxylic acid groups (broad SMARTS) is 1. The van der Waals surface area contributed by atoms with Crippen LogP contribution in [0.5, 0.6) is 0 Å². The Kier molecular flexibility index (Phi) is 5.56. The largest absolute Gasteiger partial charge is 0.478 e. The van der Waals surface area contributed by atoms with Crippen molar-refractivity contribution in [2.24, 2.45) is 0 Å². The molecule has 1 aromatic rings. The van der Waals surface area contributed by atoms with E-state index in [1.54, 1.807) is 0 Å². The molecule has 0 saturated carbocycles. The van der Waals surface area contributed by atoms with Gasteiger partial charge in [-0.1, -0.05) is 0 Å². The van der Waals surface area contributed by atoms with E-state index in [0.29, 0.717) is 5.56 Å². The lowest BCUT2D eigenvalue weighted by Gasteiger charge is -2.16. The smallest absolute Gasteiger partial charge is 0.328 e. The van der Waals surface area contributed by atoms with Gasteiger partial charge in [-0.25, -0.2) is 13.2 Å². The normalized spacial score (nSPS) is 11.8. The Bertz CT molecular complexity index is 669. The van der Waals surface area contributed by atoms with E-state index in [2.05, 4.69) is 10.3 Å². The Morgan fingerprint density at radius 2 is 2.10 bits per heavy atom. The molecule has 0 atom stereocenters. The van der Waals surface area contributed by atoms with Crippen molar-refractivity contribution in [3.05, 3.63) is 30.1 Å². The lowest BCUT2D eigenvalue weighted by Crippen LogP contribution is -2.36. The molecule has 0 saturated heterocycles. The van der Waals surface area contributed by atoms with E-state index < -0.39 is 21.9 Å². The highest BCUT2D eigenvalue weighted by atomic mass is 32.2. The van der Waals surface area contributed by atoms with Gasteiger partial charge in [0, 0.05) is 32.6 Å². The van der Waals surface area contributed by atoms with Crippen molar-refractivity contribution in [2.45, 2.75) is 4.90 Å². The van der Waals surface area contributed by atoms with Crippen LogP contribution in [0.2, 0.25) is 0 Å². The average molecular weight is 313 g/mol. The van der Waals surface area contributed by atoms with Crippen LogP contribution in [0.3, 0.4) is 0 Å². The van der Waals surface area contributed by atoms with Crippen molar-refractivity contribution in [3.63, 3.8) is 0 Å². The summed E-state index contributed by atoms with van der Waals surface area (Å²) in [6, 6.07) is 1.28. The molecule has 114 valence electrons. The van der Waals surface area contributed by atoms with E-state index in [-0.39, 0.29) is 11.4 Å². The van der Waals surface area contributed by atoms with Gasteiger partial charge in [-0.3, -0.25) is 9.78 Å². The summed E-state index contributed by atoms with van der Waals surface area (Å²) in [6.45, 7) is -0.325. The molecule has 1 rings (SSSR count). The predicted octanol–water partition coefficient (Wildman–Crippen LogP) is -0.454. The van der Waals surface area contributed by atoms with Gasteiger partial charge in [-0.05, 0) is 17.7 Å². The molecule has 1 heterocycles. The molecule has 0 unspecified atom stereocenters. The topological polar surface area (TPSA) is 117 Å². The van der Waals surface area contributed by atoms with Crippen LogP contribution in [0.4, 0.5) is 0 Å². The summed E-state index contributed by atoms with van der Waals surface area (Å²) >= 11 is 0. The third kappa shape index (κ3) is 4.65. The van der Waals surface area contributed by atoms with E-state index in [1.807, 2.05) is 0 Å². The van der Waals surface area contributed by atoms with Gasteiger partial charge < -0.3 is 10.4 Å². The van der Waals surface area contributed by atoms with Crippen molar-refractivity contribution >= 4 is 28.0 Å². The monoisotopic (exact) mass is 313 g/mol. The number of aromatic nitrogens is 1. The molecule has 21 heavy (non-hydrogen) atoms. The van der Waals surface area contributed by atoms with Crippen LogP contribution in [-0.2, 0) is 19.6 Å². The second-order valence-electron chi connectivity index (χ2n) is 4.06. The molecule has 0 aliphatic rings. The van der Waals surface area contributed by atoms with E-state index in [4.69, 9.17) is 5.11 Å². The summed E-state index contributed by atoms with van der Waals surface area (Å²) in [5.41, 5.74) is 0.326. The molecule has 2 N–H and O–H groups in total. The fraction of sp³-hybridized carbons (Fsp3) is 0.250. The molecule has 0 aliphatic heterocycles. The van der Waals surface area contributed by atoms with Gasteiger partial charge in [0.25, 0.3) is 0 Å². The van der Waals surface area contributed by atoms with Gasteiger partial charge in [-0.2, -0.15) is 4.31 Å². The number of hydrogen-bond donors (Lipinski definition) is 2. The summed E-state index contributed by atoms with van der Waals surface area (Å²) in [6.07, 6.45) is 4.57. The highest BCUT2D eigenvalue weighted by Gasteiger charge is 2.23. The van der Waals surface area contributed by atoms with Crippen LogP contribution in [0.25, 0.3) is 6.08 Å². The van der Waals surface area contributed by atoms with Crippen LogP contribution in [0, 0.1) is 0 Å². The zero-order chi connectivity index (χ0) is 16.0. The Hall–Kier alpha value is -2.26. The maximum Gasteiger partial charge on any atom is 0.328 e. The lowest BCUT2D eigenvalue weighted by atomic mass is 10.2. The number of hydrogen-bond acceptors (Lipinski definition) is 5. The van der Waals surface area contributed by atoms with Crippen molar-refractivity contribution in [1.82, 2.24) is 14.6 Å². The molecule has 0 bridgehead atoms. The summed E-state index contributed by atoms with van der Waals surface area (Å²) in [7, 11) is -1.20. The molecule has 0 fully saturated rings. The van der Waals surface area contributed by atoms with Crippen LogP contribution in [0.1, 0.15) is 5.56 Å². The van der Waals surface area contributed by atoms with Gasteiger partial charge >= 0.3 is 5.97 Å². The van der Waals surface area contributed by atoms with Crippen molar-refractivity contribution in [1.29, 1.82) is 0 Å². The zero-order valence-electron chi connectivity index (χ0n) is 11.5. The Morgan fingerprint density at radius 3 is 2.67 bits per heavy atom. The quantitative estimate of drug-likeness (QED) is 0.687. The minimum Gasteiger partial charge on any atom is -0.478 e. The van der Waals surface area contributed by atoms with Crippen LogP contribution in [0.15, 0.2) is 29.4 Å². The minimum absolute atomic E-state index is 0.124. The number of carboxylic acids is 1. The molecule has 0 radical (unpaired) electrons. The van der Waals surface area contributed by atoms with E-state index >= 15 is 0 Å². The SMILES string of the molecule is CNC(=O)CN(C)S(=O)(=O)c1cncc(C=CC(=O)O)c1. The second kappa shape index (κ2) is 6.95. The molecule has 1 aromatic heterocycles. The first-order valence-corrected chi connectivity index (χ1v) is 7.24. The Balaban J connectivity index is 3.06. The average Bonchev–Trinajstić information content (AvgIpc) is 2.45. The molecule has 0 aliphatic carbocycles. The highest BCUT2D eigenvalue weighted by molar-refractivity contribution is 7.89. The van der Waals surface area contributed by atoms with Gasteiger partial charge in [0.2, 0.25) is 15.9 Å². The van der Waals surface area contributed by atoms with Gasteiger partial charge in [0.05, 0.1) is 6.54 Å². The predicted molar refractivity (Wildman–Crippen MR) is 74.8 cm³/mol. The highest BCUT2D eigenvalue weighted by Crippen LogP contribution is 2.15. The maximum absolute atomic E-state index is 12.2. The molecule has 0 spiro atoms. The number of rotatable bonds is 6. The van der Waals surface area contributed by atoms with Crippen molar-refractivity contribution in [2.75, 3.05) is 20.6 Å². The van der Waals surface area contributed by atoms with Gasteiger partial charge in [0.15, 0.2) is 0 Å². The van der Waals surface area contributed by atoms with Crippen LogP contribution >= 0.6 is 0 Å². The number of likely N-dealkylation sites (N-methyl/N-ethyl adjacent to an activating group) is 2. The number of amides is 1. The molecule has 1 amide bonds. The zero-order valence-corrected chi connectivity index (χ0v) is 12.3. The fourth-order valence-corrected chi connectivity index (χ4v) is 2.51. The number of carbonyl (C=O) groups excluding carboxylic acids is 1. The number of nitrogens with one attached hydrogen (secondary N) is 1. The number of sulfonamides is 1. The minimum atomic E-state index is -3.88. The number of aliphatic carboxylic acids is 1. The third-order valence-corrected chi connectivity index (χ3v) is 4.27. The fourth-order valence-electron chi connectivity index (χ4n) is 1.38. The first-order chi connectivity index (χ1) is 9.77. The van der Waals surface area contributed by atoms with Crippen LogP contribution in [-0.4, -0.2) is 55.3 Å². The summed E-state index contributed by atoms with van der Waals surface area (Å²) < 4.78 is 25.4. The Morgan fingerprint density at radius 1 is 1.43 bits per heavy atom. The number of carbonyl (C=O) groups is 2. The molecular formula is C12H15N3O5S. The molecule has 9 heteroatoms. The van der Waals surface area contributed by atoms with Crippen LogP contribution < -0.4 is 5.32 Å². The van der Waals surface area contributed by atoms with Gasteiger partial charge in [0.1, 0.15) is 4.90 Å². The second-order valence-corrected chi connectivity index (χ2v) is 6.10. The molecule has 8 nitrogen and oxygen atoms in total. The summed E-state index contributed by atoms with van der Waals surface area (Å²) in [5.74, 6) is -1.60. The van der Waals surface area contributed by atoms with Crippen molar-refractivity contribution < 1.29 is 23.1 Å². The Labute approximate surface area is 122 Å². The standard InChI is InChI=1S/C12H15N3O5S/c1-13-11(16)8-15(2)21(19,20)10-5-9(6-14-7-10)3-4-12(17)18/h3-7H,8H2,1-2H3,(H,13,16)(H,17,18). The van der Waals surface area contributed by atoms with E-state index in [0.717, 1.165) is 16.6 Å². The van der Waals surface area contributed by atoms with E-state index in [1.165, 1.54) is 32.4 Å². The molecular weight excluding hydrogens is 298 g/mol. The lowest BCUT2D eigenvalue weighted by molar-refractivity contribution is -0.131. The van der Waals surface area contributed by atoms with E-state index in [9.17, 15) is 18.0 Å². The first-order valence-electron chi connectivity index (χ1n) is 5.80. The third-order valence-electron chi connectivity index (χ3n) is 2.51. The van der Waals surface area contributed by atoms with Gasteiger partial charge in [-0.15, -0.1) is 0 Å². The summed E-state index contributed by atoms with van der Waals surface area (Å²) in [4.78, 5) is 25.3. The molecule has 0 aromatic carbocycles. The first kappa shape index (κ1) is 16.8.